The van der Waals surface area contributed by atoms with E-state index in [0.717, 1.165) is 16.7 Å². The number of methoxy groups -OCH3 is 1. The van der Waals surface area contributed by atoms with Crippen LogP contribution in [-0.2, 0) is 9.59 Å². The number of carboxylic acids is 1. The number of nitro benzene ring substituents is 1. The Hall–Kier alpha value is -3.96. The van der Waals surface area contributed by atoms with E-state index in [0.29, 0.717) is 11.3 Å². The van der Waals surface area contributed by atoms with Crippen LogP contribution in [-0.4, -0.2) is 38.2 Å². The molecule has 9 nitrogen and oxygen atoms in total. The summed E-state index contributed by atoms with van der Waals surface area (Å²) in [6.45, 7) is 0. The van der Waals surface area contributed by atoms with Gasteiger partial charge < -0.3 is 14.3 Å². The normalized spacial score (nSPS) is 15.6. The standard InChI is InChI=1S/C23H16N2O7S2/c1-31-14-7-9-16(17(11-14)25(29)30)18-10-8-15(32-18)12-19-21(26)24(23(33)34-19)20(22(27)28)13-5-3-2-4-6-13/h2-12,20H,1H3,(H,27,28)/b19-12+/t20-/m0/s1. The van der Waals surface area contributed by atoms with Crippen molar-refractivity contribution in [3.05, 3.63) is 87.0 Å². The number of aliphatic carboxylic acids is 1. The minimum absolute atomic E-state index is 0.102. The molecule has 0 radical (unpaired) electrons. The highest BCUT2D eigenvalue weighted by molar-refractivity contribution is 8.26. The van der Waals surface area contributed by atoms with E-state index >= 15 is 0 Å². The van der Waals surface area contributed by atoms with Gasteiger partial charge in [0.15, 0.2) is 6.04 Å². The molecule has 1 aliphatic heterocycles. The van der Waals surface area contributed by atoms with E-state index in [1.54, 1.807) is 48.5 Å². The number of amides is 1. The van der Waals surface area contributed by atoms with Crippen molar-refractivity contribution in [1.29, 1.82) is 0 Å². The Balaban J connectivity index is 1.65. The van der Waals surface area contributed by atoms with Crippen LogP contribution in [0.25, 0.3) is 17.4 Å². The molecule has 1 fully saturated rings. The van der Waals surface area contributed by atoms with Gasteiger partial charge in [0.1, 0.15) is 21.6 Å². The van der Waals surface area contributed by atoms with E-state index in [4.69, 9.17) is 21.4 Å². The van der Waals surface area contributed by atoms with Crippen molar-refractivity contribution in [3.63, 3.8) is 0 Å². The number of carboxylic acid groups (broad SMARTS) is 1. The van der Waals surface area contributed by atoms with Crippen LogP contribution in [0, 0.1) is 10.1 Å². The molecular formula is C23H16N2O7S2. The summed E-state index contributed by atoms with van der Waals surface area (Å²) in [5, 5.41) is 21.3. The number of thiocarbonyl (C=S) groups is 1. The average Bonchev–Trinajstić information content (AvgIpc) is 3.39. The first-order valence-electron chi connectivity index (χ1n) is 9.77. The first-order valence-corrected chi connectivity index (χ1v) is 11.0. The summed E-state index contributed by atoms with van der Waals surface area (Å²) in [6, 6.07) is 14.5. The largest absolute Gasteiger partial charge is 0.497 e. The van der Waals surface area contributed by atoms with Crippen LogP contribution in [0.1, 0.15) is 17.4 Å². The number of hydrogen-bond donors (Lipinski definition) is 1. The molecule has 1 amide bonds. The third-order valence-corrected chi connectivity index (χ3v) is 6.33. The number of nitro groups is 1. The molecule has 34 heavy (non-hydrogen) atoms. The molecule has 4 rings (SSSR count). The average molecular weight is 497 g/mol. The Kier molecular flexibility index (Phi) is 6.48. The maximum Gasteiger partial charge on any atom is 0.331 e. The van der Waals surface area contributed by atoms with Gasteiger partial charge in [0.05, 0.1) is 28.6 Å². The minimum atomic E-state index is -1.27. The molecule has 1 atom stereocenters. The summed E-state index contributed by atoms with van der Waals surface area (Å²) in [4.78, 5) is 37.2. The SMILES string of the molecule is COc1ccc(-c2ccc(/C=C3/SC(=S)N([C@H](C(=O)O)c4ccccc4)C3=O)o2)c([N+](=O)[O-])c1. The highest BCUT2D eigenvalue weighted by Gasteiger charge is 2.41. The molecule has 0 saturated carbocycles. The quantitative estimate of drug-likeness (QED) is 0.211. The van der Waals surface area contributed by atoms with Gasteiger partial charge >= 0.3 is 5.97 Å². The lowest BCUT2D eigenvalue weighted by molar-refractivity contribution is -0.384. The number of nitrogens with zero attached hydrogens (tertiary/aromatic N) is 2. The molecule has 1 aliphatic rings. The molecule has 11 heteroatoms. The Morgan fingerprint density at radius 1 is 1.24 bits per heavy atom. The molecule has 1 aromatic heterocycles. The van der Waals surface area contributed by atoms with Crippen LogP contribution in [0.2, 0.25) is 0 Å². The number of hydrogen-bond acceptors (Lipinski definition) is 8. The molecule has 0 spiro atoms. The number of benzene rings is 2. The monoisotopic (exact) mass is 496 g/mol. The molecule has 172 valence electrons. The zero-order valence-corrected chi connectivity index (χ0v) is 19.2. The summed E-state index contributed by atoms with van der Waals surface area (Å²) in [5.74, 6) is -0.969. The van der Waals surface area contributed by atoms with Gasteiger partial charge in [-0.2, -0.15) is 0 Å². The van der Waals surface area contributed by atoms with E-state index in [1.165, 1.54) is 25.3 Å². The molecule has 1 N–H and O–H groups in total. The Labute approximate surface area is 202 Å². The van der Waals surface area contributed by atoms with Gasteiger partial charge in [0.25, 0.3) is 11.6 Å². The number of carbonyl (C=O) groups is 2. The molecule has 1 saturated heterocycles. The number of ether oxygens (including phenoxy) is 1. The molecule has 0 unspecified atom stereocenters. The van der Waals surface area contributed by atoms with E-state index in [2.05, 4.69) is 0 Å². The van der Waals surface area contributed by atoms with Gasteiger partial charge in [0.2, 0.25) is 0 Å². The first-order chi connectivity index (χ1) is 16.3. The smallest absolute Gasteiger partial charge is 0.331 e. The van der Waals surface area contributed by atoms with E-state index in [9.17, 15) is 24.8 Å². The zero-order valence-electron chi connectivity index (χ0n) is 17.5. The van der Waals surface area contributed by atoms with Crippen molar-refractivity contribution in [2.24, 2.45) is 0 Å². The van der Waals surface area contributed by atoms with Crippen LogP contribution < -0.4 is 4.74 Å². The third kappa shape index (κ3) is 4.43. The van der Waals surface area contributed by atoms with Gasteiger partial charge in [-0.15, -0.1) is 0 Å². The maximum atomic E-state index is 13.1. The maximum absolute atomic E-state index is 13.1. The van der Waals surface area contributed by atoms with Gasteiger partial charge in [0, 0.05) is 6.08 Å². The van der Waals surface area contributed by atoms with E-state index in [-0.39, 0.29) is 32.0 Å². The summed E-state index contributed by atoms with van der Waals surface area (Å²) >= 11 is 6.26. The molecule has 0 aliphatic carbocycles. The second-order valence-corrected chi connectivity index (χ2v) is 8.72. The predicted molar refractivity (Wildman–Crippen MR) is 129 cm³/mol. The number of thioether (sulfide) groups is 1. The number of carbonyl (C=O) groups excluding carboxylic acids is 1. The van der Waals surface area contributed by atoms with Gasteiger partial charge in [-0.05, 0) is 29.8 Å². The molecular weight excluding hydrogens is 480 g/mol. The molecule has 2 heterocycles. The van der Waals surface area contributed by atoms with Crippen molar-refractivity contribution in [3.8, 4) is 17.1 Å². The lowest BCUT2D eigenvalue weighted by atomic mass is 10.1. The summed E-state index contributed by atoms with van der Waals surface area (Å²) < 4.78 is 10.9. The molecule has 2 aromatic carbocycles. The van der Waals surface area contributed by atoms with Crippen LogP contribution >= 0.6 is 24.0 Å². The van der Waals surface area contributed by atoms with Crippen molar-refractivity contribution >= 4 is 51.9 Å². The van der Waals surface area contributed by atoms with Crippen molar-refractivity contribution in [1.82, 2.24) is 4.90 Å². The number of furan rings is 1. The fraction of sp³-hybridized carbons (Fsp3) is 0.0870. The zero-order chi connectivity index (χ0) is 24.4. The Morgan fingerprint density at radius 3 is 2.62 bits per heavy atom. The lowest BCUT2D eigenvalue weighted by Gasteiger charge is -2.23. The molecule has 0 bridgehead atoms. The predicted octanol–water partition coefficient (Wildman–Crippen LogP) is 4.89. The van der Waals surface area contributed by atoms with E-state index in [1.807, 2.05) is 0 Å². The van der Waals surface area contributed by atoms with E-state index < -0.39 is 22.8 Å². The van der Waals surface area contributed by atoms with Gasteiger partial charge in [-0.25, -0.2) is 4.79 Å². The highest BCUT2D eigenvalue weighted by atomic mass is 32.2. The second-order valence-electron chi connectivity index (χ2n) is 7.05. The van der Waals surface area contributed by atoms with Crippen molar-refractivity contribution in [2.45, 2.75) is 6.04 Å². The topological polar surface area (TPSA) is 123 Å². The summed E-state index contributed by atoms with van der Waals surface area (Å²) in [5.41, 5.74) is 0.464. The summed E-state index contributed by atoms with van der Waals surface area (Å²) in [7, 11) is 1.41. The van der Waals surface area contributed by atoms with Crippen LogP contribution in [0.3, 0.4) is 0 Å². The van der Waals surface area contributed by atoms with Crippen LogP contribution in [0.15, 0.2) is 70.0 Å². The number of rotatable bonds is 7. The highest BCUT2D eigenvalue weighted by Crippen LogP contribution is 2.39. The summed E-state index contributed by atoms with van der Waals surface area (Å²) in [6.07, 6.45) is 1.43. The lowest BCUT2D eigenvalue weighted by Crippen LogP contribution is -2.37. The Bertz CT molecular complexity index is 1330. The van der Waals surface area contributed by atoms with Crippen molar-refractivity contribution < 1.29 is 28.8 Å². The van der Waals surface area contributed by atoms with Gasteiger partial charge in [-0.1, -0.05) is 54.3 Å². The first kappa shape index (κ1) is 23.2. The van der Waals surface area contributed by atoms with Crippen LogP contribution in [0.4, 0.5) is 5.69 Å². The minimum Gasteiger partial charge on any atom is -0.497 e. The van der Waals surface area contributed by atoms with Crippen LogP contribution in [0.5, 0.6) is 5.75 Å². The molecule has 3 aromatic rings. The van der Waals surface area contributed by atoms with Crippen molar-refractivity contribution in [2.75, 3.05) is 7.11 Å². The third-order valence-electron chi connectivity index (χ3n) is 5.00. The Morgan fingerprint density at radius 2 is 1.97 bits per heavy atom. The fourth-order valence-corrected chi connectivity index (χ4v) is 4.74. The van der Waals surface area contributed by atoms with Gasteiger partial charge in [-0.3, -0.25) is 19.8 Å². The fourth-order valence-electron chi connectivity index (χ4n) is 3.44. The second kappa shape index (κ2) is 9.49.